The quantitative estimate of drug-likeness (QED) is 0.0843. The molecule has 0 aliphatic carbocycles. The molecule has 0 unspecified atom stereocenters. The van der Waals surface area contributed by atoms with Gasteiger partial charge in [0.25, 0.3) is 0 Å². The summed E-state index contributed by atoms with van der Waals surface area (Å²) in [5.41, 5.74) is 4.56. The maximum Gasteiger partial charge on any atom is 0.220 e. The first-order chi connectivity index (χ1) is 22.0. The van der Waals surface area contributed by atoms with Crippen LogP contribution in [0.3, 0.4) is 0 Å². The molecule has 3 aromatic carbocycles. The summed E-state index contributed by atoms with van der Waals surface area (Å²) in [7, 11) is 3.04. The predicted octanol–water partition coefficient (Wildman–Crippen LogP) is 7.63. The van der Waals surface area contributed by atoms with Crippen molar-refractivity contribution in [2.24, 2.45) is 0 Å². The van der Waals surface area contributed by atoms with E-state index in [1.165, 1.54) is 51.0 Å². The Morgan fingerprint density at radius 1 is 0.696 bits per heavy atom. The van der Waals surface area contributed by atoms with Gasteiger partial charge in [-0.15, -0.1) is 0 Å². The first-order valence-electron chi connectivity index (χ1n) is 16.1. The molecule has 46 heavy (non-hydrogen) atoms. The normalized spacial score (nSPS) is 10.7. The Balaban J connectivity index is 0.000000326. The Kier molecular flexibility index (Phi) is 16.8. The number of phenols is 2. The summed E-state index contributed by atoms with van der Waals surface area (Å²) < 4.78 is 10.1. The van der Waals surface area contributed by atoms with E-state index in [1.54, 1.807) is 30.3 Å². The van der Waals surface area contributed by atoms with E-state index in [-0.39, 0.29) is 22.8 Å². The average molecular weight is 652 g/mol. The van der Waals surface area contributed by atoms with Crippen LogP contribution >= 0.6 is 12.2 Å². The highest BCUT2D eigenvalue weighted by atomic mass is 32.1. The number of hydrogen-bond acceptors (Lipinski definition) is 6. The SMILES string of the molecule is CCCCCCCCC(=O)NCc1ccc(O)c(OC)c1.COc1cc(CNC(=S)NCc2ccc(C(C)(C)C)cc2)ccc1O. The second-order valence-electron chi connectivity index (χ2n) is 12.3. The number of aromatic hydroxyl groups is 2. The third kappa shape index (κ3) is 14.4. The summed E-state index contributed by atoms with van der Waals surface area (Å²) in [6.07, 6.45) is 7.68. The van der Waals surface area contributed by atoms with Gasteiger partial charge >= 0.3 is 0 Å². The van der Waals surface area contributed by atoms with Crippen molar-refractivity contribution in [3.8, 4) is 23.0 Å². The number of phenolic OH excluding ortho intramolecular Hbond substituents is 2. The molecule has 0 spiro atoms. The molecule has 0 atom stereocenters. The van der Waals surface area contributed by atoms with Gasteiger partial charge in [0.2, 0.25) is 5.91 Å². The van der Waals surface area contributed by atoms with Crippen LogP contribution in [0.25, 0.3) is 0 Å². The van der Waals surface area contributed by atoms with Crippen molar-refractivity contribution >= 4 is 23.2 Å². The Bertz CT molecular complexity index is 1360. The Labute approximate surface area is 280 Å². The summed E-state index contributed by atoms with van der Waals surface area (Å²) in [6, 6.07) is 18.9. The summed E-state index contributed by atoms with van der Waals surface area (Å²) in [6.45, 7) is 10.5. The van der Waals surface area contributed by atoms with Crippen molar-refractivity contribution in [2.45, 2.75) is 97.7 Å². The molecule has 9 heteroatoms. The van der Waals surface area contributed by atoms with E-state index in [2.05, 4.69) is 67.9 Å². The van der Waals surface area contributed by atoms with Crippen molar-refractivity contribution in [3.05, 3.63) is 82.9 Å². The van der Waals surface area contributed by atoms with Crippen molar-refractivity contribution in [3.63, 3.8) is 0 Å². The summed E-state index contributed by atoms with van der Waals surface area (Å²) in [5, 5.41) is 29.0. The fourth-order valence-electron chi connectivity index (χ4n) is 4.57. The van der Waals surface area contributed by atoms with Crippen molar-refractivity contribution in [1.29, 1.82) is 0 Å². The number of ether oxygens (including phenoxy) is 2. The van der Waals surface area contributed by atoms with Gasteiger partial charge in [-0.25, -0.2) is 0 Å². The van der Waals surface area contributed by atoms with Gasteiger partial charge in [-0.2, -0.15) is 0 Å². The fourth-order valence-corrected chi connectivity index (χ4v) is 4.71. The number of benzene rings is 3. The van der Waals surface area contributed by atoms with Gasteiger partial charge in [-0.05, 0) is 70.6 Å². The fraction of sp³-hybridized carbons (Fsp3) is 0.459. The first kappa shape index (κ1) is 38.2. The number of hydrogen-bond donors (Lipinski definition) is 5. The number of thiocarbonyl (C=S) groups is 1. The molecular formula is C37H53N3O5S. The molecular weight excluding hydrogens is 598 g/mol. The van der Waals surface area contributed by atoms with Gasteiger partial charge in [0.1, 0.15) is 0 Å². The monoisotopic (exact) mass is 651 g/mol. The number of nitrogens with one attached hydrogen (secondary N) is 3. The molecule has 3 rings (SSSR count). The summed E-state index contributed by atoms with van der Waals surface area (Å²) >= 11 is 5.32. The lowest BCUT2D eigenvalue weighted by atomic mass is 9.87. The molecule has 1 amide bonds. The molecule has 252 valence electrons. The van der Waals surface area contributed by atoms with Gasteiger partial charge in [0.15, 0.2) is 28.1 Å². The van der Waals surface area contributed by atoms with Crippen molar-refractivity contribution < 1.29 is 24.5 Å². The van der Waals surface area contributed by atoms with Gasteiger partial charge in [-0.3, -0.25) is 4.79 Å². The van der Waals surface area contributed by atoms with Gasteiger partial charge < -0.3 is 35.6 Å². The zero-order chi connectivity index (χ0) is 34.0. The van der Waals surface area contributed by atoms with Gasteiger partial charge in [-0.1, -0.05) is 96.2 Å². The molecule has 0 fully saturated rings. The maximum absolute atomic E-state index is 11.7. The van der Waals surface area contributed by atoms with Crippen LogP contribution < -0.4 is 25.4 Å². The number of methoxy groups -OCH3 is 2. The van der Waals surface area contributed by atoms with E-state index in [1.807, 2.05) is 6.07 Å². The number of carbonyl (C=O) groups is 1. The van der Waals surface area contributed by atoms with Crippen LogP contribution in [0.5, 0.6) is 23.0 Å². The van der Waals surface area contributed by atoms with E-state index < -0.39 is 0 Å². The van der Waals surface area contributed by atoms with Crippen LogP contribution in [-0.2, 0) is 29.8 Å². The van der Waals surface area contributed by atoms with Crippen molar-refractivity contribution in [2.75, 3.05) is 14.2 Å². The van der Waals surface area contributed by atoms with Gasteiger partial charge in [0, 0.05) is 26.1 Å². The smallest absolute Gasteiger partial charge is 0.220 e. The number of unbranched alkanes of at least 4 members (excludes halogenated alkanes) is 5. The van der Waals surface area contributed by atoms with Crippen LogP contribution in [0, 0.1) is 0 Å². The van der Waals surface area contributed by atoms with Gasteiger partial charge in [0.05, 0.1) is 14.2 Å². The van der Waals surface area contributed by atoms with E-state index in [0.29, 0.717) is 42.7 Å². The minimum absolute atomic E-state index is 0.0810. The van der Waals surface area contributed by atoms with E-state index in [4.69, 9.17) is 21.7 Å². The molecule has 3 aromatic rings. The molecule has 0 saturated heterocycles. The highest BCUT2D eigenvalue weighted by Gasteiger charge is 2.13. The Morgan fingerprint density at radius 3 is 1.65 bits per heavy atom. The largest absolute Gasteiger partial charge is 0.504 e. The van der Waals surface area contributed by atoms with E-state index in [0.717, 1.165) is 24.0 Å². The molecule has 0 aliphatic heterocycles. The number of rotatable bonds is 15. The van der Waals surface area contributed by atoms with Crippen LogP contribution in [0.2, 0.25) is 0 Å². The predicted molar refractivity (Wildman–Crippen MR) is 191 cm³/mol. The zero-order valence-corrected chi connectivity index (χ0v) is 29.2. The third-order valence-corrected chi connectivity index (χ3v) is 7.75. The average Bonchev–Trinajstić information content (AvgIpc) is 3.04. The minimum Gasteiger partial charge on any atom is -0.504 e. The lowest BCUT2D eigenvalue weighted by molar-refractivity contribution is -0.121. The number of carbonyl (C=O) groups excluding carboxylic acids is 1. The topological polar surface area (TPSA) is 112 Å². The van der Waals surface area contributed by atoms with Crippen molar-refractivity contribution in [1.82, 2.24) is 16.0 Å². The standard InChI is InChI=1S/C20H26N2O2S.C17H27NO3/c1-20(2,3)16-8-5-14(6-9-16)12-21-19(25)22-13-15-7-10-17(23)18(11-15)24-4;1-3-4-5-6-7-8-9-17(20)18-13-14-10-11-15(19)16(12-14)21-2/h5-11,23H,12-13H2,1-4H3,(H2,21,22,25);10-12,19H,3-9,13H2,1-2H3,(H,18,20). The molecule has 0 saturated carbocycles. The maximum atomic E-state index is 11.7. The molecule has 0 aromatic heterocycles. The van der Waals surface area contributed by atoms with Crippen LogP contribution in [-0.4, -0.2) is 35.5 Å². The first-order valence-corrected chi connectivity index (χ1v) is 16.5. The third-order valence-electron chi connectivity index (χ3n) is 7.46. The van der Waals surface area contributed by atoms with E-state index in [9.17, 15) is 15.0 Å². The zero-order valence-electron chi connectivity index (χ0n) is 28.4. The molecule has 0 heterocycles. The molecule has 0 aliphatic rings. The summed E-state index contributed by atoms with van der Waals surface area (Å²) in [4.78, 5) is 11.7. The Hall–Kier alpha value is -3.98. The number of amides is 1. The molecule has 5 N–H and O–H groups in total. The van der Waals surface area contributed by atoms with E-state index >= 15 is 0 Å². The summed E-state index contributed by atoms with van der Waals surface area (Å²) in [5.74, 6) is 1.21. The van der Waals surface area contributed by atoms with Crippen LogP contribution in [0.15, 0.2) is 60.7 Å². The highest BCUT2D eigenvalue weighted by Crippen LogP contribution is 2.27. The molecule has 0 bridgehead atoms. The minimum atomic E-state index is 0.0810. The Morgan fingerprint density at radius 2 is 1.15 bits per heavy atom. The lowest BCUT2D eigenvalue weighted by Crippen LogP contribution is -2.34. The van der Waals surface area contributed by atoms with Crippen LogP contribution in [0.4, 0.5) is 0 Å². The second kappa shape index (κ2) is 20.2. The second-order valence-corrected chi connectivity index (χ2v) is 12.7. The van der Waals surface area contributed by atoms with Crippen LogP contribution in [0.1, 0.15) is 94.9 Å². The molecule has 0 radical (unpaired) electrons. The lowest BCUT2D eigenvalue weighted by Gasteiger charge is -2.19. The molecule has 8 nitrogen and oxygen atoms in total. The highest BCUT2D eigenvalue weighted by molar-refractivity contribution is 7.80.